The summed E-state index contributed by atoms with van der Waals surface area (Å²) in [6, 6.07) is 16.5. The van der Waals surface area contributed by atoms with Gasteiger partial charge in [0.1, 0.15) is 16.9 Å². The molecular formula is C23H21N7S. The minimum absolute atomic E-state index is 0.888. The van der Waals surface area contributed by atoms with Gasteiger partial charge in [-0.15, -0.1) is 0 Å². The zero-order valence-electron chi connectivity index (χ0n) is 17.1. The lowest BCUT2D eigenvalue weighted by Crippen LogP contribution is -2.33. The monoisotopic (exact) mass is 427 g/mol. The van der Waals surface area contributed by atoms with Gasteiger partial charge in [0.2, 0.25) is 0 Å². The van der Waals surface area contributed by atoms with E-state index in [1.54, 1.807) is 0 Å². The highest BCUT2D eigenvalue weighted by molar-refractivity contribution is 7.00. The molecule has 6 rings (SSSR count). The van der Waals surface area contributed by atoms with E-state index in [1.165, 1.54) is 23.0 Å². The Labute approximate surface area is 183 Å². The lowest BCUT2D eigenvalue weighted by atomic mass is 10.1. The van der Waals surface area contributed by atoms with Crippen molar-refractivity contribution in [3.05, 3.63) is 77.9 Å². The summed E-state index contributed by atoms with van der Waals surface area (Å²) in [7, 11) is 0. The maximum absolute atomic E-state index is 4.91. The number of rotatable bonds is 4. The summed E-state index contributed by atoms with van der Waals surface area (Å²) >= 11 is 1.27. The van der Waals surface area contributed by atoms with Crippen LogP contribution in [-0.2, 0) is 19.6 Å². The smallest absolute Gasteiger partial charge is 0.143 e. The Bertz CT molecular complexity index is 1370. The predicted molar refractivity (Wildman–Crippen MR) is 121 cm³/mol. The number of imidazole rings is 1. The minimum atomic E-state index is 0.888. The van der Waals surface area contributed by atoms with E-state index in [0.717, 1.165) is 60.0 Å². The van der Waals surface area contributed by atoms with Gasteiger partial charge in [0.15, 0.2) is 0 Å². The molecule has 8 heteroatoms. The lowest BCUT2D eigenvalue weighted by molar-refractivity contribution is 0.213. The fraction of sp³-hybridized carbons (Fsp3) is 0.217. The van der Waals surface area contributed by atoms with Gasteiger partial charge in [0.25, 0.3) is 0 Å². The molecular weight excluding hydrogens is 406 g/mol. The molecule has 3 aromatic heterocycles. The zero-order valence-corrected chi connectivity index (χ0v) is 18.0. The fourth-order valence-electron chi connectivity index (χ4n) is 4.28. The Balaban J connectivity index is 1.25. The molecule has 0 aliphatic carbocycles. The van der Waals surface area contributed by atoms with E-state index in [0.29, 0.717) is 0 Å². The summed E-state index contributed by atoms with van der Waals surface area (Å²) < 4.78 is 12.9. The maximum Gasteiger partial charge on any atom is 0.143 e. The van der Waals surface area contributed by atoms with Crippen LogP contribution in [0.4, 0.5) is 0 Å². The second-order valence-corrected chi connectivity index (χ2v) is 8.45. The molecule has 0 spiro atoms. The Morgan fingerprint density at radius 2 is 1.87 bits per heavy atom. The van der Waals surface area contributed by atoms with Crippen molar-refractivity contribution in [2.75, 3.05) is 6.54 Å². The molecule has 7 nitrogen and oxygen atoms in total. The first kappa shape index (κ1) is 18.4. The summed E-state index contributed by atoms with van der Waals surface area (Å²) in [4.78, 5) is 7.39. The largest absolute Gasteiger partial charge is 0.325 e. The molecule has 0 saturated carbocycles. The van der Waals surface area contributed by atoms with Gasteiger partial charge in [0, 0.05) is 32.4 Å². The average molecular weight is 428 g/mol. The van der Waals surface area contributed by atoms with Crippen LogP contribution in [0.3, 0.4) is 0 Å². The summed E-state index contributed by atoms with van der Waals surface area (Å²) in [6.07, 6.45) is 3.97. The van der Waals surface area contributed by atoms with Crippen LogP contribution in [0, 0.1) is 6.92 Å². The quantitative estimate of drug-likeness (QED) is 0.433. The molecule has 1 aliphatic heterocycles. The summed E-state index contributed by atoms with van der Waals surface area (Å²) in [5.74, 6) is 1.00. The molecule has 4 heterocycles. The number of hydrogen-bond acceptors (Lipinski definition) is 6. The first-order valence-corrected chi connectivity index (χ1v) is 11.1. The molecule has 5 aromatic rings. The molecule has 0 saturated heterocycles. The van der Waals surface area contributed by atoms with Crippen LogP contribution in [0.2, 0.25) is 0 Å². The minimum Gasteiger partial charge on any atom is -0.325 e. The topological polar surface area (TPSA) is 64.7 Å². The van der Waals surface area contributed by atoms with Gasteiger partial charge in [-0.2, -0.15) is 13.8 Å². The van der Waals surface area contributed by atoms with Gasteiger partial charge in [-0.05, 0) is 36.8 Å². The second kappa shape index (κ2) is 7.40. The molecule has 1 aliphatic rings. The van der Waals surface area contributed by atoms with E-state index in [9.17, 15) is 0 Å². The summed E-state index contributed by atoms with van der Waals surface area (Å²) in [6.45, 7) is 5.80. The zero-order chi connectivity index (χ0) is 20.8. The highest BCUT2D eigenvalue weighted by Gasteiger charge is 2.24. The van der Waals surface area contributed by atoms with E-state index in [4.69, 9.17) is 4.98 Å². The second-order valence-electron chi connectivity index (χ2n) is 7.93. The van der Waals surface area contributed by atoms with E-state index in [-0.39, 0.29) is 0 Å². The van der Waals surface area contributed by atoms with Crippen LogP contribution in [0.1, 0.15) is 17.0 Å². The number of aryl methyl sites for hydroxylation is 1. The highest BCUT2D eigenvalue weighted by atomic mass is 32.1. The number of para-hydroxylation sites is 1. The van der Waals surface area contributed by atoms with Gasteiger partial charge in [-0.3, -0.25) is 4.90 Å². The van der Waals surface area contributed by atoms with Crippen molar-refractivity contribution in [3.8, 4) is 17.1 Å². The molecule has 0 fully saturated rings. The number of aromatic nitrogens is 6. The van der Waals surface area contributed by atoms with Crippen LogP contribution < -0.4 is 0 Å². The van der Waals surface area contributed by atoms with Gasteiger partial charge in [-0.25, -0.2) is 9.67 Å². The van der Waals surface area contributed by atoms with Crippen LogP contribution >= 0.6 is 11.7 Å². The van der Waals surface area contributed by atoms with Gasteiger partial charge < -0.3 is 4.57 Å². The number of nitrogens with zero attached hydrogens (tertiary/aromatic N) is 7. The van der Waals surface area contributed by atoms with Crippen molar-refractivity contribution < 1.29 is 0 Å². The molecule has 0 atom stereocenters. The first-order valence-electron chi connectivity index (χ1n) is 10.3. The molecule has 31 heavy (non-hydrogen) atoms. The van der Waals surface area contributed by atoms with Crippen LogP contribution in [-0.4, -0.2) is 39.5 Å². The Morgan fingerprint density at radius 3 is 2.77 bits per heavy atom. The van der Waals surface area contributed by atoms with Crippen molar-refractivity contribution >= 4 is 22.8 Å². The van der Waals surface area contributed by atoms with Crippen LogP contribution in [0.5, 0.6) is 0 Å². The number of hydrogen-bond donors (Lipinski definition) is 0. The molecule has 0 amide bonds. The van der Waals surface area contributed by atoms with E-state index in [2.05, 4.69) is 66.8 Å². The van der Waals surface area contributed by atoms with Crippen molar-refractivity contribution in [2.24, 2.45) is 0 Å². The third kappa shape index (κ3) is 3.34. The summed E-state index contributed by atoms with van der Waals surface area (Å²) in [5, 5.41) is 4.55. The molecule has 0 radical (unpaired) electrons. The predicted octanol–water partition coefficient (Wildman–Crippen LogP) is 4.06. The molecule has 0 bridgehead atoms. The molecule has 2 aromatic carbocycles. The van der Waals surface area contributed by atoms with Crippen molar-refractivity contribution in [1.82, 2.24) is 33.0 Å². The van der Waals surface area contributed by atoms with Crippen molar-refractivity contribution in [3.63, 3.8) is 0 Å². The Morgan fingerprint density at radius 1 is 1.00 bits per heavy atom. The van der Waals surface area contributed by atoms with Crippen molar-refractivity contribution in [1.29, 1.82) is 0 Å². The number of fused-ring (bicyclic) bond motifs is 2. The third-order valence-corrected chi connectivity index (χ3v) is 6.43. The van der Waals surface area contributed by atoms with Crippen LogP contribution in [0.25, 0.3) is 28.1 Å². The summed E-state index contributed by atoms with van der Waals surface area (Å²) in [5.41, 5.74) is 7.70. The Kier molecular flexibility index (Phi) is 4.40. The first-order chi connectivity index (χ1) is 15.2. The fourth-order valence-corrected chi connectivity index (χ4v) is 4.80. The SMILES string of the molecule is Cc1nc(-c2cnn(-c3ccccc3)c2)n2c1CN(Cc1ccc3nsnc3c1)CC2. The van der Waals surface area contributed by atoms with E-state index in [1.807, 2.05) is 29.1 Å². The maximum atomic E-state index is 4.91. The average Bonchev–Trinajstić information content (AvgIpc) is 3.53. The third-order valence-electron chi connectivity index (χ3n) is 5.87. The molecule has 0 N–H and O–H groups in total. The van der Waals surface area contributed by atoms with Crippen LogP contribution in [0.15, 0.2) is 60.9 Å². The Hall–Kier alpha value is -3.36. The van der Waals surface area contributed by atoms with Gasteiger partial charge in [0.05, 0.1) is 40.6 Å². The van der Waals surface area contributed by atoms with Crippen molar-refractivity contribution in [2.45, 2.75) is 26.6 Å². The standard InChI is InChI=1S/C23H21N7S/c1-16-22-15-28(13-17-7-8-20-21(11-17)27-31-26-20)9-10-29(22)23(25-16)18-12-24-30(14-18)19-5-3-2-4-6-19/h2-8,11-12,14H,9-10,13,15H2,1H3. The molecule has 154 valence electrons. The van der Waals surface area contributed by atoms with Gasteiger partial charge >= 0.3 is 0 Å². The van der Waals surface area contributed by atoms with E-state index < -0.39 is 0 Å². The lowest BCUT2D eigenvalue weighted by Gasteiger charge is -2.29. The van der Waals surface area contributed by atoms with Gasteiger partial charge in [-0.1, -0.05) is 24.3 Å². The molecule has 0 unspecified atom stereocenters. The van der Waals surface area contributed by atoms with E-state index >= 15 is 0 Å². The number of benzene rings is 2. The highest BCUT2D eigenvalue weighted by Crippen LogP contribution is 2.27. The normalized spacial score (nSPS) is 14.2.